The lowest BCUT2D eigenvalue weighted by Crippen LogP contribution is -2.37. The number of hydrogen-bond acceptors (Lipinski definition) is 5. The number of urea groups is 1. The van der Waals surface area contributed by atoms with Crippen molar-refractivity contribution in [2.75, 3.05) is 32.5 Å². The quantitative estimate of drug-likeness (QED) is 0.691. The van der Waals surface area contributed by atoms with Gasteiger partial charge in [0, 0.05) is 27.2 Å². The first-order valence-electron chi connectivity index (χ1n) is 4.59. The van der Waals surface area contributed by atoms with E-state index < -0.39 is 0 Å². The van der Waals surface area contributed by atoms with Crippen LogP contribution in [0.5, 0.6) is 0 Å². The molecule has 0 aromatic carbocycles. The van der Waals surface area contributed by atoms with Crippen molar-refractivity contribution in [2.45, 2.75) is 6.92 Å². The van der Waals surface area contributed by atoms with Gasteiger partial charge in [0.2, 0.25) is 0 Å². The summed E-state index contributed by atoms with van der Waals surface area (Å²) in [5, 5.41) is 9.19. The molecule has 0 unspecified atom stereocenters. The molecule has 0 saturated carbocycles. The van der Waals surface area contributed by atoms with E-state index in [9.17, 15) is 4.79 Å². The summed E-state index contributed by atoms with van der Waals surface area (Å²) >= 11 is 0. The number of hydrogen-bond donors (Lipinski definition) is 2. The van der Waals surface area contributed by atoms with Crippen LogP contribution < -0.4 is 10.6 Å². The molecule has 0 aliphatic carbocycles. The van der Waals surface area contributed by atoms with Crippen molar-refractivity contribution in [1.82, 2.24) is 20.4 Å². The van der Waals surface area contributed by atoms with Gasteiger partial charge in [-0.25, -0.2) is 4.79 Å². The number of aryl methyl sites for hydroxylation is 1. The molecule has 2 N–H and O–H groups in total. The van der Waals surface area contributed by atoms with Crippen LogP contribution in [-0.4, -0.2) is 48.3 Å². The fraction of sp³-hybridized carbons (Fsp3) is 0.625. The lowest BCUT2D eigenvalue weighted by atomic mass is 10.6. The number of carbonyl (C=O) groups excluding carboxylic acids is 1. The lowest BCUT2D eigenvalue weighted by molar-refractivity contribution is 0.218. The zero-order chi connectivity index (χ0) is 11.3. The average Bonchev–Trinajstić information content (AvgIpc) is 2.58. The van der Waals surface area contributed by atoms with E-state index in [1.165, 1.54) is 4.90 Å². The normalized spacial score (nSPS) is 9.80. The van der Waals surface area contributed by atoms with Crippen LogP contribution in [0.1, 0.15) is 5.82 Å². The Hall–Kier alpha value is -1.79. The summed E-state index contributed by atoms with van der Waals surface area (Å²) in [5.41, 5.74) is 0. The highest BCUT2D eigenvalue weighted by molar-refractivity contribution is 5.73. The summed E-state index contributed by atoms with van der Waals surface area (Å²) in [5.74, 6) is 0.579. The first-order chi connectivity index (χ1) is 7.09. The lowest BCUT2D eigenvalue weighted by Gasteiger charge is -2.11. The second-order valence-corrected chi connectivity index (χ2v) is 3.20. The minimum absolute atomic E-state index is 0.126. The molecule has 0 atom stereocenters. The molecular weight excluding hydrogens is 198 g/mol. The van der Waals surface area contributed by atoms with Gasteiger partial charge in [-0.1, -0.05) is 5.16 Å². The second-order valence-electron chi connectivity index (χ2n) is 3.20. The van der Waals surface area contributed by atoms with Crippen LogP contribution in [0.3, 0.4) is 0 Å². The maximum Gasteiger partial charge on any atom is 0.321 e. The van der Waals surface area contributed by atoms with Crippen molar-refractivity contribution in [2.24, 2.45) is 0 Å². The van der Waals surface area contributed by atoms with Crippen molar-refractivity contribution in [3.63, 3.8) is 0 Å². The van der Waals surface area contributed by atoms with Crippen LogP contribution >= 0.6 is 0 Å². The van der Waals surface area contributed by atoms with Crippen molar-refractivity contribution in [3.05, 3.63) is 5.82 Å². The Morgan fingerprint density at radius 2 is 2.20 bits per heavy atom. The molecule has 84 valence electrons. The highest BCUT2D eigenvalue weighted by Crippen LogP contribution is 2.00. The summed E-state index contributed by atoms with van der Waals surface area (Å²) in [6, 6.07) is 0.241. The summed E-state index contributed by atoms with van der Waals surface area (Å²) in [7, 11) is 3.37. The average molecular weight is 213 g/mol. The Bertz CT molecular complexity index is 323. The number of nitrogens with zero attached hydrogens (tertiary/aromatic N) is 3. The molecule has 1 rings (SSSR count). The summed E-state index contributed by atoms with van der Waals surface area (Å²) in [6.45, 7) is 2.78. The van der Waals surface area contributed by atoms with Crippen LogP contribution in [0, 0.1) is 6.92 Å². The fourth-order valence-corrected chi connectivity index (χ4v) is 0.866. The largest absolute Gasteiger partial charge is 0.336 e. The molecular formula is C8H15N5O2. The third-order valence-electron chi connectivity index (χ3n) is 1.61. The summed E-state index contributed by atoms with van der Waals surface area (Å²) in [6.07, 6.45) is 0. The SMILES string of the molecule is Cc1noc(NCCNC(=O)N(C)C)n1. The number of carbonyl (C=O) groups is 1. The van der Waals surface area contributed by atoms with Crippen LogP contribution in [0.2, 0.25) is 0 Å². The molecule has 1 aromatic heterocycles. The van der Waals surface area contributed by atoms with Crippen LogP contribution in [0.15, 0.2) is 4.52 Å². The fourth-order valence-electron chi connectivity index (χ4n) is 0.866. The van der Waals surface area contributed by atoms with E-state index in [4.69, 9.17) is 4.52 Å². The number of amides is 2. The van der Waals surface area contributed by atoms with Crippen LogP contribution in [0.25, 0.3) is 0 Å². The Kier molecular flexibility index (Phi) is 3.90. The monoisotopic (exact) mass is 213 g/mol. The third-order valence-corrected chi connectivity index (χ3v) is 1.61. The Labute approximate surface area is 87.8 Å². The highest BCUT2D eigenvalue weighted by Gasteiger charge is 2.02. The number of aromatic nitrogens is 2. The van der Waals surface area contributed by atoms with Gasteiger partial charge in [0.15, 0.2) is 5.82 Å². The van der Waals surface area contributed by atoms with E-state index in [1.807, 2.05) is 0 Å². The molecule has 7 heteroatoms. The van der Waals surface area contributed by atoms with Gasteiger partial charge in [0.1, 0.15) is 0 Å². The predicted molar refractivity (Wildman–Crippen MR) is 54.6 cm³/mol. The van der Waals surface area contributed by atoms with Crippen LogP contribution in [0.4, 0.5) is 10.8 Å². The predicted octanol–water partition coefficient (Wildman–Crippen LogP) is 0.0611. The molecule has 0 fully saturated rings. The van der Waals surface area contributed by atoms with Gasteiger partial charge >= 0.3 is 12.0 Å². The zero-order valence-electron chi connectivity index (χ0n) is 9.07. The van der Waals surface area contributed by atoms with Crippen molar-refractivity contribution >= 4 is 12.0 Å². The van der Waals surface area contributed by atoms with Gasteiger partial charge in [-0.15, -0.1) is 0 Å². The molecule has 0 bridgehead atoms. The molecule has 1 heterocycles. The Morgan fingerprint density at radius 1 is 1.47 bits per heavy atom. The minimum atomic E-state index is -0.126. The first-order valence-corrected chi connectivity index (χ1v) is 4.59. The van der Waals surface area contributed by atoms with Gasteiger partial charge in [-0.2, -0.15) is 4.98 Å². The highest BCUT2D eigenvalue weighted by atomic mass is 16.5. The van der Waals surface area contributed by atoms with E-state index in [0.717, 1.165) is 0 Å². The maximum atomic E-state index is 11.1. The molecule has 2 amide bonds. The van der Waals surface area contributed by atoms with Crippen LogP contribution in [-0.2, 0) is 0 Å². The van der Waals surface area contributed by atoms with Gasteiger partial charge in [-0.05, 0) is 6.92 Å². The third kappa shape index (κ3) is 3.84. The minimum Gasteiger partial charge on any atom is -0.336 e. The van der Waals surface area contributed by atoms with E-state index >= 15 is 0 Å². The van der Waals surface area contributed by atoms with Crippen molar-refractivity contribution in [1.29, 1.82) is 0 Å². The molecule has 0 aliphatic rings. The molecule has 0 aliphatic heterocycles. The standard InChI is InChI=1S/C8H15N5O2/c1-6-11-7(15-12-6)9-4-5-10-8(14)13(2)3/h4-5H2,1-3H3,(H,10,14)(H,9,11,12). The molecule has 0 radical (unpaired) electrons. The molecule has 0 spiro atoms. The number of nitrogens with one attached hydrogen (secondary N) is 2. The van der Waals surface area contributed by atoms with Gasteiger partial charge in [0.05, 0.1) is 0 Å². The van der Waals surface area contributed by atoms with Gasteiger partial charge < -0.3 is 20.1 Å². The smallest absolute Gasteiger partial charge is 0.321 e. The van der Waals surface area contributed by atoms with Gasteiger partial charge in [-0.3, -0.25) is 0 Å². The van der Waals surface area contributed by atoms with E-state index in [0.29, 0.717) is 24.9 Å². The maximum absolute atomic E-state index is 11.1. The molecule has 0 saturated heterocycles. The topological polar surface area (TPSA) is 83.3 Å². The Morgan fingerprint density at radius 3 is 2.73 bits per heavy atom. The zero-order valence-corrected chi connectivity index (χ0v) is 9.07. The van der Waals surface area contributed by atoms with Crippen molar-refractivity contribution in [3.8, 4) is 0 Å². The van der Waals surface area contributed by atoms with Crippen molar-refractivity contribution < 1.29 is 9.32 Å². The summed E-state index contributed by atoms with van der Waals surface area (Å²) in [4.78, 5) is 16.5. The Balaban J connectivity index is 2.15. The molecule has 7 nitrogen and oxygen atoms in total. The number of rotatable bonds is 4. The second kappa shape index (κ2) is 5.18. The first kappa shape index (κ1) is 11.3. The molecule has 15 heavy (non-hydrogen) atoms. The van der Waals surface area contributed by atoms with E-state index in [1.54, 1.807) is 21.0 Å². The number of anilines is 1. The summed E-state index contributed by atoms with van der Waals surface area (Å²) < 4.78 is 4.82. The van der Waals surface area contributed by atoms with E-state index in [2.05, 4.69) is 20.8 Å². The van der Waals surface area contributed by atoms with E-state index in [-0.39, 0.29) is 6.03 Å². The van der Waals surface area contributed by atoms with Gasteiger partial charge in [0.25, 0.3) is 0 Å². The molecule has 1 aromatic rings.